The van der Waals surface area contributed by atoms with Crippen molar-refractivity contribution in [3.8, 4) is 0 Å². The maximum atomic E-state index is 5.81. The van der Waals surface area contributed by atoms with Crippen LogP contribution in [0.1, 0.15) is 0 Å². The van der Waals surface area contributed by atoms with E-state index in [-0.39, 0.29) is 0 Å². The third-order valence-corrected chi connectivity index (χ3v) is 3.59. The highest BCUT2D eigenvalue weighted by molar-refractivity contribution is 8.00. The number of aromatic nitrogens is 2. The third kappa shape index (κ3) is 2.46. The quantitative estimate of drug-likeness (QED) is 0.713. The highest BCUT2D eigenvalue weighted by atomic mass is 32.2. The number of nitrogen functional groups attached to an aromatic ring is 1. The van der Waals surface area contributed by atoms with Gasteiger partial charge >= 0.3 is 0 Å². The van der Waals surface area contributed by atoms with Crippen LogP contribution in [0.4, 0.5) is 11.5 Å². The Balaban J connectivity index is 1.88. The van der Waals surface area contributed by atoms with Crippen molar-refractivity contribution in [1.29, 1.82) is 0 Å². The monoisotopic (exact) mass is 268 g/mol. The van der Waals surface area contributed by atoms with Gasteiger partial charge in [0.25, 0.3) is 0 Å². The van der Waals surface area contributed by atoms with Gasteiger partial charge in [-0.05, 0) is 36.2 Å². The van der Waals surface area contributed by atoms with E-state index in [1.165, 1.54) is 11.9 Å². The van der Waals surface area contributed by atoms with Gasteiger partial charge in [-0.15, -0.1) is 0 Å². The van der Waals surface area contributed by atoms with Crippen LogP contribution in [0.15, 0.2) is 59.8 Å². The first-order valence-corrected chi connectivity index (χ1v) is 6.63. The van der Waals surface area contributed by atoms with Crippen molar-refractivity contribution in [2.24, 2.45) is 0 Å². The fourth-order valence-electron chi connectivity index (χ4n) is 1.79. The van der Waals surface area contributed by atoms with Gasteiger partial charge in [0.1, 0.15) is 5.82 Å². The summed E-state index contributed by atoms with van der Waals surface area (Å²) in [4.78, 5) is 9.35. The van der Waals surface area contributed by atoms with E-state index in [0.717, 1.165) is 21.5 Å². The Kier molecular flexibility index (Phi) is 3.20. The Morgan fingerprint density at radius 1 is 0.947 bits per heavy atom. The molecule has 2 aromatic heterocycles. The molecule has 3 N–H and O–H groups in total. The van der Waals surface area contributed by atoms with Crippen molar-refractivity contribution in [2.75, 3.05) is 10.5 Å². The number of nitrogens with zero attached hydrogens (tertiary/aromatic N) is 2. The second-order valence-electron chi connectivity index (χ2n) is 3.97. The first kappa shape index (κ1) is 11.8. The van der Waals surface area contributed by atoms with Gasteiger partial charge in [0, 0.05) is 17.8 Å². The number of benzene rings is 1. The SMILES string of the molecule is Nc1ncccc1SNc1cccc2cccnc12. The van der Waals surface area contributed by atoms with Crippen LogP contribution in [0.5, 0.6) is 0 Å². The molecule has 19 heavy (non-hydrogen) atoms. The maximum Gasteiger partial charge on any atom is 0.138 e. The summed E-state index contributed by atoms with van der Waals surface area (Å²) in [5.74, 6) is 0.521. The van der Waals surface area contributed by atoms with Gasteiger partial charge in [-0.1, -0.05) is 18.2 Å². The minimum atomic E-state index is 0.521. The molecule has 0 aliphatic rings. The summed E-state index contributed by atoms with van der Waals surface area (Å²) in [6.07, 6.45) is 3.47. The molecule has 0 aliphatic carbocycles. The molecule has 0 radical (unpaired) electrons. The van der Waals surface area contributed by atoms with Crippen molar-refractivity contribution in [1.82, 2.24) is 9.97 Å². The molecule has 2 heterocycles. The highest BCUT2D eigenvalue weighted by Crippen LogP contribution is 2.28. The Bertz CT molecular complexity index is 709. The lowest BCUT2D eigenvalue weighted by Gasteiger charge is -2.08. The summed E-state index contributed by atoms with van der Waals surface area (Å²) < 4.78 is 3.28. The minimum absolute atomic E-state index is 0.521. The zero-order valence-corrected chi connectivity index (χ0v) is 10.9. The summed E-state index contributed by atoms with van der Waals surface area (Å²) in [6, 6.07) is 13.8. The molecule has 0 spiro atoms. The number of nitrogens with two attached hydrogens (primary N) is 1. The summed E-state index contributed by atoms with van der Waals surface area (Å²) in [7, 11) is 0. The first-order chi connectivity index (χ1) is 9.34. The molecule has 0 aliphatic heterocycles. The van der Waals surface area contributed by atoms with Crippen molar-refractivity contribution < 1.29 is 0 Å². The number of nitrogens with one attached hydrogen (secondary N) is 1. The predicted octanol–water partition coefficient (Wildman–Crippen LogP) is 3.33. The Hall–Kier alpha value is -2.27. The van der Waals surface area contributed by atoms with E-state index in [1.807, 2.05) is 42.5 Å². The van der Waals surface area contributed by atoms with Crippen LogP contribution in [0.25, 0.3) is 10.9 Å². The van der Waals surface area contributed by atoms with Crippen molar-refractivity contribution >= 4 is 34.4 Å². The fraction of sp³-hybridized carbons (Fsp3) is 0. The minimum Gasteiger partial charge on any atom is -0.383 e. The highest BCUT2D eigenvalue weighted by Gasteiger charge is 2.04. The lowest BCUT2D eigenvalue weighted by Crippen LogP contribution is -1.95. The molecule has 1 aromatic carbocycles. The Morgan fingerprint density at radius 2 is 1.74 bits per heavy atom. The molecule has 94 valence electrons. The Labute approximate surface area is 115 Å². The van der Waals surface area contributed by atoms with Gasteiger partial charge in [-0.2, -0.15) is 0 Å². The summed E-state index contributed by atoms with van der Waals surface area (Å²) in [5, 5.41) is 1.10. The molecular weight excluding hydrogens is 256 g/mol. The van der Waals surface area contributed by atoms with E-state index in [2.05, 4.69) is 14.7 Å². The van der Waals surface area contributed by atoms with Crippen LogP contribution in [0.2, 0.25) is 0 Å². The zero-order chi connectivity index (χ0) is 13.1. The lowest BCUT2D eigenvalue weighted by molar-refractivity contribution is 1.25. The van der Waals surface area contributed by atoms with E-state index in [9.17, 15) is 0 Å². The van der Waals surface area contributed by atoms with Gasteiger partial charge in [-0.3, -0.25) is 4.98 Å². The standard InChI is InChI=1S/C14H12N4S/c15-14-12(7-3-9-17-14)19-18-11-6-1-4-10-5-2-8-16-13(10)11/h1-9,18H,(H2,15,17). The van der Waals surface area contributed by atoms with Crippen molar-refractivity contribution in [3.05, 3.63) is 54.9 Å². The molecule has 4 nitrogen and oxygen atoms in total. The van der Waals surface area contributed by atoms with Gasteiger partial charge in [0.15, 0.2) is 0 Å². The van der Waals surface area contributed by atoms with Crippen LogP contribution in [-0.4, -0.2) is 9.97 Å². The average molecular weight is 268 g/mol. The van der Waals surface area contributed by atoms with Crippen molar-refractivity contribution in [3.63, 3.8) is 0 Å². The molecule has 0 unspecified atom stereocenters. The van der Waals surface area contributed by atoms with Gasteiger partial charge in [-0.25, -0.2) is 4.98 Å². The summed E-state index contributed by atoms with van der Waals surface area (Å²) in [5.41, 5.74) is 7.72. The number of hydrogen-bond donors (Lipinski definition) is 2. The number of para-hydroxylation sites is 1. The number of anilines is 2. The fourth-order valence-corrected chi connectivity index (χ4v) is 2.47. The second-order valence-corrected chi connectivity index (χ2v) is 4.82. The zero-order valence-electron chi connectivity index (χ0n) is 10.1. The normalized spacial score (nSPS) is 10.5. The van der Waals surface area contributed by atoms with Crippen LogP contribution in [0.3, 0.4) is 0 Å². The summed E-state index contributed by atoms with van der Waals surface area (Å²) >= 11 is 1.44. The number of hydrogen-bond acceptors (Lipinski definition) is 5. The van der Waals surface area contributed by atoms with Crippen LogP contribution in [-0.2, 0) is 0 Å². The number of pyridine rings is 2. The molecule has 0 saturated carbocycles. The smallest absolute Gasteiger partial charge is 0.138 e. The third-order valence-electron chi connectivity index (χ3n) is 2.70. The molecule has 0 fully saturated rings. The van der Waals surface area contributed by atoms with Crippen LogP contribution >= 0.6 is 11.9 Å². The molecule has 0 saturated heterocycles. The largest absolute Gasteiger partial charge is 0.383 e. The molecule has 3 rings (SSSR count). The molecule has 5 heteroatoms. The van der Waals surface area contributed by atoms with E-state index in [4.69, 9.17) is 5.73 Å². The summed E-state index contributed by atoms with van der Waals surface area (Å²) in [6.45, 7) is 0. The predicted molar refractivity (Wildman–Crippen MR) is 79.9 cm³/mol. The van der Waals surface area contributed by atoms with Crippen LogP contribution in [0, 0.1) is 0 Å². The van der Waals surface area contributed by atoms with Crippen LogP contribution < -0.4 is 10.5 Å². The van der Waals surface area contributed by atoms with E-state index >= 15 is 0 Å². The molecule has 0 bridgehead atoms. The van der Waals surface area contributed by atoms with Gasteiger partial charge < -0.3 is 10.5 Å². The topological polar surface area (TPSA) is 63.8 Å². The van der Waals surface area contributed by atoms with Crippen molar-refractivity contribution in [2.45, 2.75) is 4.90 Å². The first-order valence-electron chi connectivity index (χ1n) is 5.82. The Morgan fingerprint density at radius 3 is 2.63 bits per heavy atom. The molecule has 0 amide bonds. The number of fused-ring (bicyclic) bond motifs is 1. The maximum absolute atomic E-state index is 5.81. The van der Waals surface area contributed by atoms with E-state index in [0.29, 0.717) is 5.82 Å². The van der Waals surface area contributed by atoms with Gasteiger partial charge in [0.2, 0.25) is 0 Å². The number of rotatable bonds is 3. The molecule has 0 atom stereocenters. The average Bonchev–Trinajstić information content (AvgIpc) is 2.46. The van der Waals surface area contributed by atoms with Gasteiger partial charge in [0.05, 0.1) is 16.1 Å². The molecule has 3 aromatic rings. The molecular formula is C14H12N4S. The lowest BCUT2D eigenvalue weighted by atomic mass is 10.2. The van der Waals surface area contributed by atoms with E-state index in [1.54, 1.807) is 12.4 Å². The second kappa shape index (κ2) is 5.16. The van der Waals surface area contributed by atoms with E-state index < -0.39 is 0 Å².